The number of likely N-dealkylation sites (tertiary alicyclic amines) is 2. The summed E-state index contributed by atoms with van der Waals surface area (Å²) in [6, 6.07) is 3.50. The van der Waals surface area contributed by atoms with Crippen LogP contribution in [-0.2, 0) is 9.53 Å². The number of nitrogens with one attached hydrogen (secondary N) is 2. The molecule has 5 fully saturated rings. The van der Waals surface area contributed by atoms with Crippen molar-refractivity contribution >= 4 is 11.8 Å². The number of primary amides is 1. The number of amides is 2. The highest BCUT2D eigenvalue weighted by Crippen LogP contribution is 2.60. The van der Waals surface area contributed by atoms with Gasteiger partial charge < -0.3 is 25.4 Å². The Kier molecular flexibility index (Phi) is 5.73. The number of rotatable bonds is 6. The van der Waals surface area contributed by atoms with Gasteiger partial charge in [0.2, 0.25) is 11.8 Å². The summed E-state index contributed by atoms with van der Waals surface area (Å²) in [5.41, 5.74) is 6.16. The highest BCUT2D eigenvalue weighted by Gasteiger charge is 2.66. The summed E-state index contributed by atoms with van der Waals surface area (Å²) in [6.07, 6.45) is 4.14. The molecule has 6 heterocycles. The third-order valence-electron chi connectivity index (χ3n) is 9.97. The molecule has 208 valence electrons. The van der Waals surface area contributed by atoms with Crippen LogP contribution >= 0.6 is 0 Å². The van der Waals surface area contributed by atoms with Crippen LogP contribution in [0.3, 0.4) is 0 Å². The molecule has 7 rings (SSSR count). The zero-order chi connectivity index (χ0) is 26.9. The van der Waals surface area contributed by atoms with Gasteiger partial charge >= 0.3 is 0 Å². The monoisotopic (exact) mass is 539 g/mol. The predicted molar refractivity (Wildman–Crippen MR) is 137 cm³/mol. The number of aromatic nitrogens is 3. The molecule has 12 heteroatoms. The van der Waals surface area contributed by atoms with Crippen LogP contribution in [-0.4, -0.2) is 100 Å². The first kappa shape index (κ1) is 24.9. The second-order valence-electron chi connectivity index (χ2n) is 11.9. The van der Waals surface area contributed by atoms with E-state index in [0.717, 1.165) is 51.8 Å². The minimum atomic E-state index is -0.540. The zero-order valence-corrected chi connectivity index (χ0v) is 22.0. The fourth-order valence-electron chi connectivity index (χ4n) is 7.58. The molecule has 0 aromatic carbocycles. The van der Waals surface area contributed by atoms with Crippen LogP contribution in [0.5, 0.6) is 5.88 Å². The summed E-state index contributed by atoms with van der Waals surface area (Å²) >= 11 is 0. The van der Waals surface area contributed by atoms with E-state index in [2.05, 4.69) is 25.4 Å². The molecule has 4 N–H and O–H groups in total. The summed E-state index contributed by atoms with van der Waals surface area (Å²) in [7, 11) is 1.46. The Balaban J connectivity index is 1.11. The number of hydrogen-bond acceptors (Lipinski definition) is 8. The number of methoxy groups -OCH3 is 1. The number of pyridine rings is 1. The van der Waals surface area contributed by atoms with E-state index >= 15 is 0 Å². The molecule has 2 amide bonds. The van der Waals surface area contributed by atoms with Crippen molar-refractivity contribution in [2.24, 2.45) is 23.5 Å². The minimum Gasteiger partial charge on any atom is -0.481 e. The lowest BCUT2D eigenvalue weighted by Crippen LogP contribution is -2.78. The summed E-state index contributed by atoms with van der Waals surface area (Å²) in [5.74, 6) is -0.256. The number of nitrogens with zero attached hydrogens (tertiary/aromatic N) is 4. The number of carbonyl (C=O) groups is 2. The molecule has 4 aliphatic heterocycles. The van der Waals surface area contributed by atoms with Gasteiger partial charge in [0.05, 0.1) is 31.6 Å². The average Bonchev–Trinajstić information content (AvgIpc) is 3.23. The van der Waals surface area contributed by atoms with Gasteiger partial charge in [0.25, 0.3) is 5.91 Å². The summed E-state index contributed by atoms with van der Waals surface area (Å²) in [6.45, 7) is 5.08. The number of halogens is 1. The van der Waals surface area contributed by atoms with Gasteiger partial charge in [0, 0.05) is 49.3 Å². The molecule has 0 bridgehead atoms. The van der Waals surface area contributed by atoms with Crippen molar-refractivity contribution in [3.8, 4) is 17.1 Å². The van der Waals surface area contributed by atoms with Gasteiger partial charge in [-0.2, -0.15) is 5.10 Å². The van der Waals surface area contributed by atoms with E-state index in [1.54, 1.807) is 6.07 Å². The van der Waals surface area contributed by atoms with Gasteiger partial charge in [-0.05, 0) is 50.1 Å². The Bertz CT molecular complexity index is 1310. The maximum Gasteiger partial charge on any atom is 0.274 e. The Hall–Kier alpha value is -3.09. The molecule has 4 saturated heterocycles. The predicted octanol–water partition coefficient (Wildman–Crippen LogP) is 0.778. The number of carbonyl (C=O) groups excluding carboxylic acids is 2. The van der Waals surface area contributed by atoms with E-state index < -0.39 is 11.4 Å². The molecule has 2 aromatic rings. The molecule has 5 atom stereocenters. The number of piperidine rings is 1. The highest BCUT2D eigenvalue weighted by molar-refractivity contribution is 5.94. The van der Waals surface area contributed by atoms with Gasteiger partial charge in [-0.15, -0.1) is 0 Å². The molecule has 5 aliphatic rings. The fourth-order valence-corrected chi connectivity index (χ4v) is 7.58. The van der Waals surface area contributed by atoms with E-state index in [-0.39, 0.29) is 40.5 Å². The number of H-pyrrole nitrogens is 1. The largest absolute Gasteiger partial charge is 0.481 e. The number of nitrogens with two attached hydrogens (primary N) is 1. The second-order valence-corrected chi connectivity index (χ2v) is 11.9. The maximum absolute atomic E-state index is 14.5. The number of hydrogen-bond donors (Lipinski definition) is 3. The van der Waals surface area contributed by atoms with Crippen LogP contribution in [0, 0.1) is 23.6 Å². The average molecular weight is 540 g/mol. The van der Waals surface area contributed by atoms with Gasteiger partial charge in [-0.3, -0.25) is 19.6 Å². The van der Waals surface area contributed by atoms with Crippen molar-refractivity contribution in [1.29, 1.82) is 0 Å². The van der Waals surface area contributed by atoms with E-state index in [1.807, 2.05) is 4.90 Å². The quantitative estimate of drug-likeness (QED) is 0.490. The van der Waals surface area contributed by atoms with Crippen LogP contribution in [0.2, 0.25) is 0 Å². The molecule has 11 nitrogen and oxygen atoms in total. The Labute approximate surface area is 225 Å². The Morgan fingerprint density at radius 3 is 2.77 bits per heavy atom. The third-order valence-corrected chi connectivity index (χ3v) is 9.97. The summed E-state index contributed by atoms with van der Waals surface area (Å²) in [4.78, 5) is 34.4. The Morgan fingerprint density at radius 1 is 1.23 bits per heavy atom. The van der Waals surface area contributed by atoms with Gasteiger partial charge in [0.15, 0.2) is 11.5 Å². The van der Waals surface area contributed by atoms with Crippen molar-refractivity contribution in [3.63, 3.8) is 0 Å². The molecular formula is C27H34FN7O4. The first-order valence-electron chi connectivity index (χ1n) is 13.8. The first-order chi connectivity index (χ1) is 18.8. The van der Waals surface area contributed by atoms with Crippen molar-refractivity contribution in [2.75, 3.05) is 46.4 Å². The van der Waals surface area contributed by atoms with Crippen molar-refractivity contribution in [3.05, 3.63) is 29.8 Å². The van der Waals surface area contributed by atoms with Crippen LogP contribution in [0.25, 0.3) is 11.3 Å². The van der Waals surface area contributed by atoms with Crippen LogP contribution in [0.15, 0.2) is 18.3 Å². The summed E-state index contributed by atoms with van der Waals surface area (Å²) in [5, 5.41) is 10.4. The van der Waals surface area contributed by atoms with Crippen LogP contribution < -0.4 is 15.8 Å². The molecule has 3 unspecified atom stereocenters. The van der Waals surface area contributed by atoms with Crippen molar-refractivity contribution in [1.82, 2.24) is 30.3 Å². The fraction of sp³-hybridized carbons (Fsp3) is 0.630. The summed E-state index contributed by atoms with van der Waals surface area (Å²) < 4.78 is 25.6. The second kappa shape index (κ2) is 8.97. The van der Waals surface area contributed by atoms with Gasteiger partial charge in [-0.1, -0.05) is 0 Å². The molecule has 2 aromatic heterocycles. The van der Waals surface area contributed by atoms with Crippen molar-refractivity contribution in [2.45, 2.75) is 42.9 Å². The lowest BCUT2D eigenvalue weighted by molar-refractivity contribution is -0.232. The smallest absolute Gasteiger partial charge is 0.274 e. The first-order valence-corrected chi connectivity index (χ1v) is 13.8. The molecule has 2 spiro atoms. The van der Waals surface area contributed by atoms with Crippen molar-refractivity contribution < 1.29 is 23.5 Å². The topological polar surface area (TPSA) is 139 Å². The van der Waals surface area contributed by atoms with Gasteiger partial charge in [0.1, 0.15) is 5.60 Å². The number of aromatic amines is 1. The van der Waals surface area contributed by atoms with Crippen LogP contribution in [0.4, 0.5) is 4.39 Å². The molecule has 39 heavy (non-hydrogen) atoms. The lowest BCUT2D eigenvalue weighted by Gasteiger charge is -2.58. The zero-order valence-electron chi connectivity index (χ0n) is 22.0. The lowest BCUT2D eigenvalue weighted by atomic mass is 9.82. The highest BCUT2D eigenvalue weighted by atomic mass is 19.1. The number of ether oxygens (including phenoxy) is 2. The van der Waals surface area contributed by atoms with E-state index in [9.17, 15) is 14.0 Å². The van der Waals surface area contributed by atoms with E-state index in [1.165, 1.54) is 13.2 Å². The molecule has 1 saturated carbocycles. The standard InChI is InChI=1S/C27H34FN7O4/c1-38-23-6-17(19(28)10-31-23)20-7-21(33-32-20)25(37)35-5-3-15(24(29)36)8-26(35)9-18(26)16-2-4-34(11-16)22-12-39-27(22)13-30-14-27/h6-7,10,15-16,18,22,30H,2-5,8-9,11-14H2,1H3,(H2,29,36)(H,32,33)/t15?,16-,18?,22-,26?/m0/s1. The molecule has 1 aliphatic carbocycles. The van der Waals surface area contributed by atoms with Gasteiger partial charge in [-0.25, -0.2) is 9.37 Å². The van der Waals surface area contributed by atoms with Crippen LogP contribution in [0.1, 0.15) is 36.2 Å². The molecular weight excluding hydrogens is 505 g/mol. The normalized spacial score (nSPS) is 33.1. The SMILES string of the molecule is COc1cc(-c2cc(C(=O)N3CCC(C(N)=O)CC34CC4[C@H]3CCN([C@H]4COC45CNC5)C3)n[nH]2)c(F)cn1. The molecule has 0 radical (unpaired) electrons. The third kappa shape index (κ3) is 3.86. The maximum atomic E-state index is 14.5. The minimum absolute atomic E-state index is 0.0179. The van der Waals surface area contributed by atoms with E-state index in [0.29, 0.717) is 43.0 Å². The Morgan fingerprint density at radius 2 is 2.08 bits per heavy atom. The van der Waals surface area contributed by atoms with E-state index in [4.69, 9.17) is 15.2 Å².